The van der Waals surface area contributed by atoms with E-state index >= 15 is 0 Å². The molecule has 0 N–H and O–H groups in total. The lowest BCUT2D eigenvalue weighted by atomic mass is 10.2. The Morgan fingerprint density at radius 1 is 1.25 bits per heavy atom. The maximum Gasteiger partial charge on any atom is 0.167 e. The van der Waals surface area contributed by atoms with Crippen LogP contribution < -0.4 is 0 Å². The van der Waals surface area contributed by atoms with Crippen LogP contribution in [-0.2, 0) is 0 Å². The number of hydrogen-bond acceptors (Lipinski definition) is 2. The second kappa shape index (κ2) is 3.90. The van der Waals surface area contributed by atoms with Gasteiger partial charge in [0, 0.05) is 5.39 Å². The molecular formula is C10H13NO. The molecule has 1 heterocycles. The Kier molecular flexibility index (Phi) is 2.86. The molecule has 0 radical (unpaired) electrons. The molecule has 0 saturated heterocycles. The summed E-state index contributed by atoms with van der Waals surface area (Å²) in [6.45, 7) is 6.03. The number of aromatic nitrogens is 1. The summed E-state index contributed by atoms with van der Waals surface area (Å²) in [5.41, 5.74) is 2.06. The van der Waals surface area contributed by atoms with Gasteiger partial charge in [-0.05, 0) is 24.6 Å². The lowest BCUT2D eigenvalue weighted by molar-refractivity contribution is 0.456. The summed E-state index contributed by atoms with van der Waals surface area (Å²) in [7, 11) is 0. The minimum Gasteiger partial charge on any atom is -0.356 e. The Balaban J connectivity index is 0.000000336. The number of hydrogen-bond donors (Lipinski definition) is 0. The summed E-state index contributed by atoms with van der Waals surface area (Å²) >= 11 is 0. The first kappa shape index (κ1) is 8.78. The molecule has 2 aromatic rings. The average Bonchev–Trinajstić information content (AvgIpc) is 2.54. The largest absolute Gasteiger partial charge is 0.356 e. The van der Waals surface area contributed by atoms with Crippen LogP contribution in [0, 0.1) is 6.92 Å². The summed E-state index contributed by atoms with van der Waals surface area (Å²) in [5, 5.41) is 4.73. The third-order valence-electron chi connectivity index (χ3n) is 1.51. The highest BCUT2D eigenvalue weighted by atomic mass is 16.5. The van der Waals surface area contributed by atoms with E-state index in [1.165, 1.54) is 5.56 Å². The first-order valence-corrected chi connectivity index (χ1v) is 4.17. The van der Waals surface area contributed by atoms with E-state index in [4.69, 9.17) is 4.52 Å². The second-order valence-corrected chi connectivity index (χ2v) is 2.37. The van der Waals surface area contributed by atoms with Crippen molar-refractivity contribution in [2.45, 2.75) is 20.8 Å². The molecule has 0 bridgehead atoms. The molecule has 2 heteroatoms. The molecule has 12 heavy (non-hydrogen) atoms. The molecular weight excluding hydrogens is 150 g/mol. The van der Waals surface area contributed by atoms with Crippen LogP contribution >= 0.6 is 0 Å². The first-order chi connectivity index (χ1) is 5.86. The van der Waals surface area contributed by atoms with Gasteiger partial charge in [-0.3, -0.25) is 0 Å². The van der Waals surface area contributed by atoms with E-state index in [1.54, 1.807) is 6.20 Å². The second-order valence-electron chi connectivity index (χ2n) is 2.37. The minimum atomic E-state index is 0.861. The molecule has 0 saturated carbocycles. The monoisotopic (exact) mass is 163 g/mol. The molecule has 1 aromatic heterocycles. The fraction of sp³-hybridized carbons (Fsp3) is 0.300. The summed E-state index contributed by atoms with van der Waals surface area (Å²) < 4.78 is 4.95. The van der Waals surface area contributed by atoms with Gasteiger partial charge < -0.3 is 4.52 Å². The van der Waals surface area contributed by atoms with Gasteiger partial charge in [0.05, 0.1) is 6.20 Å². The Morgan fingerprint density at radius 2 is 2.00 bits per heavy atom. The summed E-state index contributed by atoms with van der Waals surface area (Å²) in [4.78, 5) is 0. The normalized spacial score (nSPS) is 9.25. The van der Waals surface area contributed by atoms with Gasteiger partial charge in [0.2, 0.25) is 0 Å². The quantitative estimate of drug-likeness (QED) is 0.596. The molecule has 0 aliphatic carbocycles. The van der Waals surface area contributed by atoms with Crippen LogP contribution in [0.4, 0.5) is 0 Å². The van der Waals surface area contributed by atoms with Crippen molar-refractivity contribution in [2.24, 2.45) is 0 Å². The smallest absolute Gasteiger partial charge is 0.167 e. The van der Waals surface area contributed by atoms with Crippen LogP contribution in [-0.4, -0.2) is 5.16 Å². The minimum absolute atomic E-state index is 0.861. The lowest BCUT2D eigenvalue weighted by Crippen LogP contribution is -1.67. The Bertz CT molecular complexity index is 351. The van der Waals surface area contributed by atoms with Gasteiger partial charge in [0.1, 0.15) is 0 Å². The van der Waals surface area contributed by atoms with Gasteiger partial charge in [0.25, 0.3) is 0 Å². The third kappa shape index (κ3) is 1.64. The van der Waals surface area contributed by atoms with Gasteiger partial charge in [-0.25, -0.2) is 0 Å². The zero-order valence-corrected chi connectivity index (χ0v) is 7.66. The van der Waals surface area contributed by atoms with Gasteiger partial charge in [0.15, 0.2) is 5.58 Å². The predicted molar refractivity (Wildman–Crippen MR) is 50.1 cm³/mol. The Morgan fingerprint density at radius 3 is 2.75 bits per heavy atom. The molecule has 0 unspecified atom stereocenters. The molecule has 0 spiro atoms. The van der Waals surface area contributed by atoms with E-state index in [9.17, 15) is 0 Å². The Hall–Kier alpha value is -1.31. The van der Waals surface area contributed by atoms with Gasteiger partial charge in [-0.15, -0.1) is 0 Å². The van der Waals surface area contributed by atoms with Crippen LogP contribution in [0.1, 0.15) is 19.4 Å². The highest BCUT2D eigenvalue weighted by Crippen LogP contribution is 2.13. The van der Waals surface area contributed by atoms with Crippen molar-refractivity contribution in [3.05, 3.63) is 30.0 Å². The number of rotatable bonds is 0. The third-order valence-corrected chi connectivity index (χ3v) is 1.51. The van der Waals surface area contributed by atoms with Crippen molar-refractivity contribution < 1.29 is 4.52 Å². The van der Waals surface area contributed by atoms with E-state index in [0.717, 1.165) is 11.0 Å². The van der Waals surface area contributed by atoms with Crippen molar-refractivity contribution in [1.82, 2.24) is 5.16 Å². The first-order valence-electron chi connectivity index (χ1n) is 4.17. The highest BCUT2D eigenvalue weighted by molar-refractivity contribution is 5.76. The maximum atomic E-state index is 4.95. The number of benzene rings is 1. The van der Waals surface area contributed by atoms with Crippen molar-refractivity contribution in [1.29, 1.82) is 0 Å². The van der Waals surface area contributed by atoms with E-state index in [0.29, 0.717) is 0 Å². The van der Waals surface area contributed by atoms with Gasteiger partial charge in [-0.1, -0.05) is 25.1 Å². The molecule has 0 aliphatic heterocycles. The standard InChI is InChI=1S/C8H7NO.C2H6/c1-6-2-3-7-5-9-10-8(7)4-6;1-2/h2-5H,1H3;1-2H3. The van der Waals surface area contributed by atoms with Crippen molar-refractivity contribution in [3.63, 3.8) is 0 Å². The molecule has 1 aromatic carbocycles. The lowest BCUT2D eigenvalue weighted by Gasteiger charge is -1.87. The van der Waals surface area contributed by atoms with Crippen molar-refractivity contribution >= 4 is 11.0 Å². The molecule has 0 fully saturated rings. The van der Waals surface area contributed by atoms with Gasteiger partial charge >= 0.3 is 0 Å². The van der Waals surface area contributed by atoms with Gasteiger partial charge in [-0.2, -0.15) is 0 Å². The molecule has 0 amide bonds. The zero-order valence-electron chi connectivity index (χ0n) is 7.66. The summed E-state index contributed by atoms with van der Waals surface area (Å²) in [6, 6.07) is 6.02. The maximum absolute atomic E-state index is 4.95. The molecule has 64 valence electrons. The van der Waals surface area contributed by atoms with Crippen LogP contribution in [0.3, 0.4) is 0 Å². The number of nitrogens with zero attached hydrogens (tertiary/aromatic N) is 1. The topological polar surface area (TPSA) is 26.0 Å². The SMILES string of the molecule is CC.Cc1ccc2cnoc2c1. The highest BCUT2D eigenvalue weighted by Gasteiger charge is 1.95. The fourth-order valence-electron chi connectivity index (χ4n) is 0.967. The van der Waals surface area contributed by atoms with Crippen LogP contribution in [0.5, 0.6) is 0 Å². The van der Waals surface area contributed by atoms with E-state index in [-0.39, 0.29) is 0 Å². The molecule has 0 atom stereocenters. The molecule has 2 nitrogen and oxygen atoms in total. The summed E-state index contributed by atoms with van der Waals surface area (Å²) in [5.74, 6) is 0. The van der Waals surface area contributed by atoms with Crippen LogP contribution in [0.2, 0.25) is 0 Å². The zero-order chi connectivity index (χ0) is 8.97. The van der Waals surface area contributed by atoms with E-state index < -0.39 is 0 Å². The average molecular weight is 163 g/mol. The van der Waals surface area contributed by atoms with Crippen molar-refractivity contribution in [3.8, 4) is 0 Å². The van der Waals surface area contributed by atoms with Crippen LogP contribution in [0.25, 0.3) is 11.0 Å². The number of aryl methyl sites for hydroxylation is 1. The summed E-state index contributed by atoms with van der Waals surface area (Å²) in [6.07, 6.45) is 1.72. The number of fused-ring (bicyclic) bond motifs is 1. The van der Waals surface area contributed by atoms with Crippen molar-refractivity contribution in [2.75, 3.05) is 0 Å². The molecule has 0 aliphatic rings. The fourth-order valence-corrected chi connectivity index (χ4v) is 0.967. The van der Waals surface area contributed by atoms with E-state index in [1.807, 2.05) is 39.0 Å². The van der Waals surface area contributed by atoms with Crippen LogP contribution in [0.15, 0.2) is 28.9 Å². The Labute approximate surface area is 72.2 Å². The predicted octanol–water partition coefficient (Wildman–Crippen LogP) is 3.16. The molecule has 2 rings (SSSR count). The van der Waals surface area contributed by atoms with E-state index in [2.05, 4.69) is 5.16 Å².